The van der Waals surface area contributed by atoms with Gasteiger partial charge in [-0.25, -0.2) is 13.5 Å². The fourth-order valence-corrected chi connectivity index (χ4v) is 2.21. The summed E-state index contributed by atoms with van der Waals surface area (Å²) in [6.45, 7) is 0.304. The van der Waals surface area contributed by atoms with Crippen molar-refractivity contribution in [1.29, 1.82) is 0 Å². The summed E-state index contributed by atoms with van der Waals surface area (Å²) >= 11 is 0. The number of hydrogen-bond acceptors (Lipinski definition) is 4. The maximum Gasteiger partial charge on any atom is 0.244 e. The molecule has 1 amide bonds. The van der Waals surface area contributed by atoms with Crippen LogP contribution in [0.3, 0.4) is 0 Å². The molecule has 3 rings (SSSR count). The highest BCUT2D eigenvalue weighted by atomic mass is 19.3. The van der Waals surface area contributed by atoms with Gasteiger partial charge in [-0.05, 0) is 28.1 Å². The van der Waals surface area contributed by atoms with E-state index in [4.69, 9.17) is 0 Å². The van der Waals surface area contributed by atoms with Crippen LogP contribution in [-0.4, -0.2) is 50.5 Å². The van der Waals surface area contributed by atoms with E-state index in [1.165, 1.54) is 15.9 Å². The summed E-state index contributed by atoms with van der Waals surface area (Å²) in [5, 5.41) is 10.8. The minimum Gasteiger partial charge on any atom is -0.341 e. The number of amides is 1. The Morgan fingerprint density at radius 3 is 2.57 bits per heavy atom. The largest absolute Gasteiger partial charge is 0.341 e. The van der Waals surface area contributed by atoms with Crippen LogP contribution < -0.4 is 0 Å². The molecule has 1 saturated heterocycles. The fraction of sp³-hybridized carbons (Fsp3) is 0.385. The van der Waals surface area contributed by atoms with Crippen molar-refractivity contribution < 1.29 is 13.6 Å². The normalized spacial score (nSPS) is 15.3. The van der Waals surface area contributed by atoms with E-state index in [9.17, 15) is 13.6 Å². The summed E-state index contributed by atoms with van der Waals surface area (Å²) in [4.78, 5) is 13.4. The van der Waals surface area contributed by atoms with Gasteiger partial charge in [0, 0.05) is 13.1 Å². The Morgan fingerprint density at radius 1 is 1.29 bits per heavy atom. The maximum atomic E-state index is 12.4. The molecule has 110 valence electrons. The van der Waals surface area contributed by atoms with Crippen LogP contribution in [0.15, 0.2) is 30.6 Å². The summed E-state index contributed by atoms with van der Waals surface area (Å²) < 4.78 is 26.2. The van der Waals surface area contributed by atoms with Crippen LogP contribution in [0.2, 0.25) is 0 Å². The maximum absolute atomic E-state index is 12.4. The molecule has 1 aromatic carbocycles. The molecule has 0 saturated carbocycles. The van der Waals surface area contributed by atoms with Gasteiger partial charge in [-0.3, -0.25) is 4.79 Å². The van der Waals surface area contributed by atoms with Crippen molar-refractivity contribution in [2.75, 3.05) is 13.1 Å². The number of benzene rings is 1. The van der Waals surface area contributed by atoms with Crippen LogP contribution in [0.4, 0.5) is 8.78 Å². The molecular formula is C13H13F2N5O. The van der Waals surface area contributed by atoms with Crippen LogP contribution in [0.25, 0.3) is 5.69 Å². The van der Waals surface area contributed by atoms with E-state index in [2.05, 4.69) is 15.5 Å². The summed E-state index contributed by atoms with van der Waals surface area (Å²) in [5.41, 5.74) is 1.62. The molecule has 2 heterocycles. The highest BCUT2D eigenvalue weighted by molar-refractivity contribution is 5.79. The third-order valence-corrected chi connectivity index (χ3v) is 3.52. The topological polar surface area (TPSA) is 63.9 Å². The van der Waals surface area contributed by atoms with Gasteiger partial charge in [0.2, 0.25) is 12.3 Å². The van der Waals surface area contributed by atoms with E-state index < -0.39 is 12.3 Å². The zero-order valence-corrected chi connectivity index (χ0v) is 11.1. The Hall–Kier alpha value is -2.38. The Kier molecular flexibility index (Phi) is 3.59. The Labute approximate surface area is 119 Å². The number of aromatic nitrogens is 4. The molecular weight excluding hydrogens is 280 g/mol. The number of rotatable bonds is 4. The fourth-order valence-electron chi connectivity index (χ4n) is 2.21. The molecule has 0 radical (unpaired) electrons. The molecule has 1 aliphatic rings. The van der Waals surface area contributed by atoms with Gasteiger partial charge < -0.3 is 4.90 Å². The van der Waals surface area contributed by atoms with E-state index >= 15 is 0 Å². The molecule has 21 heavy (non-hydrogen) atoms. The summed E-state index contributed by atoms with van der Waals surface area (Å²) in [6, 6.07) is 7.21. The number of carbonyl (C=O) groups is 1. The van der Waals surface area contributed by atoms with Crippen LogP contribution in [-0.2, 0) is 11.2 Å². The zero-order chi connectivity index (χ0) is 14.8. The third kappa shape index (κ3) is 2.88. The number of tetrazole rings is 1. The molecule has 0 aliphatic carbocycles. The van der Waals surface area contributed by atoms with Crippen molar-refractivity contribution >= 4 is 5.91 Å². The highest BCUT2D eigenvalue weighted by Crippen LogP contribution is 2.23. The van der Waals surface area contributed by atoms with Crippen molar-refractivity contribution in [1.82, 2.24) is 25.1 Å². The number of alkyl halides is 2. The molecule has 1 fully saturated rings. The van der Waals surface area contributed by atoms with Gasteiger partial charge in [-0.15, -0.1) is 5.10 Å². The monoisotopic (exact) mass is 293 g/mol. The lowest BCUT2D eigenvalue weighted by Crippen LogP contribution is -2.53. The molecule has 0 bridgehead atoms. The van der Waals surface area contributed by atoms with Gasteiger partial charge in [0.25, 0.3) is 0 Å². The second-order valence-electron chi connectivity index (χ2n) is 4.99. The van der Waals surface area contributed by atoms with E-state index in [0.717, 1.165) is 11.3 Å². The first-order valence-electron chi connectivity index (χ1n) is 6.51. The summed E-state index contributed by atoms with van der Waals surface area (Å²) in [6.07, 6.45) is -0.652. The minimum absolute atomic E-state index is 0.123. The van der Waals surface area contributed by atoms with Gasteiger partial charge >= 0.3 is 0 Å². The predicted molar refractivity (Wildman–Crippen MR) is 68.9 cm³/mol. The molecule has 1 aliphatic heterocycles. The standard InChI is InChI=1S/C13H13F2N5O/c14-13(15)10-6-19(7-10)12(21)5-9-1-3-11(4-2-9)20-8-16-17-18-20/h1-4,8,10,13H,5-7H2. The predicted octanol–water partition coefficient (Wildman–Crippen LogP) is 0.928. The van der Waals surface area contributed by atoms with Crippen LogP contribution in [0.5, 0.6) is 0 Å². The van der Waals surface area contributed by atoms with Gasteiger partial charge in [-0.2, -0.15) is 0 Å². The van der Waals surface area contributed by atoms with E-state index in [1.54, 1.807) is 24.3 Å². The number of nitrogens with zero attached hydrogens (tertiary/aromatic N) is 5. The average Bonchev–Trinajstić information content (AvgIpc) is 2.91. The van der Waals surface area contributed by atoms with Crippen molar-refractivity contribution in [3.05, 3.63) is 36.2 Å². The van der Waals surface area contributed by atoms with E-state index in [0.29, 0.717) is 0 Å². The number of hydrogen-bond donors (Lipinski definition) is 0. The Balaban J connectivity index is 1.57. The SMILES string of the molecule is O=C(Cc1ccc(-n2cnnn2)cc1)N1CC(C(F)F)C1. The zero-order valence-electron chi connectivity index (χ0n) is 11.1. The first-order valence-corrected chi connectivity index (χ1v) is 6.51. The second kappa shape index (κ2) is 5.55. The first-order chi connectivity index (χ1) is 10.1. The van der Waals surface area contributed by atoms with Gasteiger partial charge in [0.05, 0.1) is 18.0 Å². The van der Waals surface area contributed by atoms with Crippen LogP contribution in [0.1, 0.15) is 5.56 Å². The number of likely N-dealkylation sites (tertiary alicyclic amines) is 1. The smallest absolute Gasteiger partial charge is 0.244 e. The Bertz CT molecular complexity index is 608. The van der Waals surface area contributed by atoms with Gasteiger partial charge in [-0.1, -0.05) is 12.1 Å². The third-order valence-electron chi connectivity index (χ3n) is 3.52. The average molecular weight is 293 g/mol. The van der Waals surface area contributed by atoms with Crippen LogP contribution >= 0.6 is 0 Å². The van der Waals surface area contributed by atoms with E-state index in [1.807, 2.05) is 0 Å². The quantitative estimate of drug-likeness (QED) is 0.841. The lowest BCUT2D eigenvalue weighted by molar-refractivity contribution is -0.140. The number of carbonyl (C=O) groups excluding carboxylic acids is 1. The van der Waals surface area contributed by atoms with Crippen LogP contribution in [0, 0.1) is 5.92 Å². The van der Waals surface area contributed by atoms with Crippen molar-refractivity contribution in [2.45, 2.75) is 12.8 Å². The molecule has 0 N–H and O–H groups in total. The molecule has 0 unspecified atom stereocenters. The summed E-state index contributed by atoms with van der Waals surface area (Å²) in [7, 11) is 0. The van der Waals surface area contributed by atoms with E-state index in [-0.39, 0.29) is 25.4 Å². The van der Waals surface area contributed by atoms with Crippen molar-refractivity contribution in [2.24, 2.45) is 5.92 Å². The Morgan fingerprint density at radius 2 is 2.00 bits per heavy atom. The molecule has 0 atom stereocenters. The molecule has 6 nitrogen and oxygen atoms in total. The number of halogens is 2. The lowest BCUT2D eigenvalue weighted by Gasteiger charge is -2.38. The second-order valence-corrected chi connectivity index (χ2v) is 4.99. The van der Waals surface area contributed by atoms with Gasteiger partial charge in [0.1, 0.15) is 6.33 Å². The summed E-state index contributed by atoms with van der Waals surface area (Å²) in [5.74, 6) is -0.793. The van der Waals surface area contributed by atoms with Gasteiger partial charge in [0.15, 0.2) is 0 Å². The highest BCUT2D eigenvalue weighted by Gasteiger charge is 2.36. The molecule has 0 spiro atoms. The molecule has 2 aromatic rings. The minimum atomic E-state index is -2.34. The van der Waals surface area contributed by atoms with Crippen molar-refractivity contribution in [3.8, 4) is 5.69 Å². The molecule has 8 heteroatoms. The first kappa shape index (κ1) is 13.6. The lowest BCUT2D eigenvalue weighted by atomic mass is 9.99. The van der Waals surface area contributed by atoms with Crippen molar-refractivity contribution in [3.63, 3.8) is 0 Å². The molecule has 1 aromatic heterocycles.